The van der Waals surface area contributed by atoms with Gasteiger partial charge in [0.15, 0.2) is 0 Å². The van der Waals surface area contributed by atoms with Crippen LogP contribution in [0, 0.1) is 10.7 Å². The lowest BCUT2D eigenvalue weighted by Crippen LogP contribution is -2.45. The Kier molecular flexibility index (Phi) is 4.50. The Morgan fingerprint density at radius 3 is 2.52 bits per heavy atom. The monoisotopic (exact) mass is 379 g/mol. The number of nitriles is 1. The predicted molar refractivity (Wildman–Crippen MR) is 98.5 cm³/mol. The van der Waals surface area contributed by atoms with Crippen LogP contribution in [0.15, 0.2) is 53.7 Å². The fraction of sp³-hybridized carbons (Fsp3) is 0.200. The molecule has 1 aromatic carbocycles. The summed E-state index contributed by atoms with van der Waals surface area (Å²) in [5, 5.41) is 11.0. The van der Waals surface area contributed by atoms with Gasteiger partial charge in [-0.15, -0.1) is 0 Å². The van der Waals surface area contributed by atoms with Crippen molar-refractivity contribution in [1.82, 2.24) is 9.88 Å². The number of rotatable bonds is 3. The first kappa shape index (κ1) is 17.4. The number of thiocyanates is 1. The molecule has 0 saturated carbocycles. The van der Waals surface area contributed by atoms with Crippen LogP contribution in [-0.2, 0) is 0 Å². The number of benzene rings is 1. The summed E-state index contributed by atoms with van der Waals surface area (Å²) in [6.45, 7) is 0. The normalized spacial score (nSPS) is 21.6. The van der Waals surface area contributed by atoms with Crippen molar-refractivity contribution in [3.63, 3.8) is 0 Å². The number of carbonyl (C=O) groups excluding carboxylic acids is 2. The van der Waals surface area contributed by atoms with E-state index in [-0.39, 0.29) is 6.42 Å². The van der Waals surface area contributed by atoms with Crippen LogP contribution in [0.2, 0.25) is 0 Å². The van der Waals surface area contributed by atoms with Gasteiger partial charge in [-0.3, -0.25) is 19.5 Å². The van der Waals surface area contributed by atoms with Gasteiger partial charge < -0.3 is 0 Å². The highest BCUT2D eigenvalue weighted by molar-refractivity contribution is 8.03. The molecular weight excluding hydrogens is 365 g/mol. The first-order valence-electron chi connectivity index (χ1n) is 8.44. The van der Waals surface area contributed by atoms with E-state index in [9.17, 15) is 14.0 Å². The van der Waals surface area contributed by atoms with Gasteiger partial charge in [-0.25, -0.2) is 4.39 Å². The molecule has 0 spiro atoms. The highest BCUT2D eigenvalue weighted by Gasteiger charge is 2.43. The van der Waals surface area contributed by atoms with Crippen LogP contribution in [-0.4, -0.2) is 33.9 Å². The van der Waals surface area contributed by atoms with E-state index in [1.54, 1.807) is 48.8 Å². The van der Waals surface area contributed by atoms with Gasteiger partial charge >= 0.3 is 0 Å². The van der Waals surface area contributed by atoms with Crippen LogP contribution >= 0.6 is 11.8 Å². The molecule has 0 fully saturated rings. The molecule has 1 aliphatic heterocycles. The fourth-order valence-corrected chi connectivity index (χ4v) is 4.09. The van der Waals surface area contributed by atoms with E-state index in [0.29, 0.717) is 22.4 Å². The largest absolute Gasteiger partial charge is 0.269 e. The van der Waals surface area contributed by atoms with Crippen LogP contribution in [0.4, 0.5) is 4.39 Å². The van der Waals surface area contributed by atoms with E-state index in [4.69, 9.17) is 5.26 Å². The molecule has 27 heavy (non-hydrogen) atoms. The highest BCUT2D eigenvalue weighted by atomic mass is 32.2. The first-order chi connectivity index (χ1) is 13.1. The quantitative estimate of drug-likeness (QED) is 0.460. The molecule has 5 nitrogen and oxygen atoms in total. The summed E-state index contributed by atoms with van der Waals surface area (Å²) in [4.78, 5) is 31.2. The minimum atomic E-state index is -1.33. The Balaban J connectivity index is 1.74. The highest BCUT2D eigenvalue weighted by Crippen LogP contribution is 2.37. The molecule has 0 radical (unpaired) electrons. The SMILES string of the molecule is N#CSc1cnccc1C1=C[C@@H](N2C(=O)c3ccccc3C2=O)[C@H](F)CC1. The van der Waals surface area contributed by atoms with Gasteiger partial charge in [0.05, 0.1) is 17.2 Å². The smallest absolute Gasteiger partial charge is 0.262 e. The fourth-order valence-electron chi connectivity index (χ4n) is 3.57. The Hall–Kier alpha value is -2.98. The second-order valence-electron chi connectivity index (χ2n) is 6.33. The third-order valence-electron chi connectivity index (χ3n) is 4.84. The molecular formula is C20H14FN3O2S. The minimum Gasteiger partial charge on any atom is -0.269 e. The van der Waals surface area contributed by atoms with Crippen molar-refractivity contribution < 1.29 is 14.0 Å². The Morgan fingerprint density at radius 1 is 1.15 bits per heavy atom. The molecule has 7 heteroatoms. The molecule has 4 rings (SSSR count). The van der Waals surface area contributed by atoms with Crippen molar-refractivity contribution in [2.24, 2.45) is 0 Å². The molecule has 0 N–H and O–H groups in total. The maximum absolute atomic E-state index is 14.7. The number of fused-ring (bicyclic) bond motifs is 1. The van der Waals surface area contributed by atoms with E-state index in [1.807, 2.05) is 5.40 Å². The summed E-state index contributed by atoms with van der Waals surface area (Å²) in [6.07, 6.45) is 4.17. The van der Waals surface area contributed by atoms with Gasteiger partial charge in [0.2, 0.25) is 0 Å². The summed E-state index contributed by atoms with van der Waals surface area (Å²) in [5.41, 5.74) is 2.20. The van der Waals surface area contributed by atoms with Crippen molar-refractivity contribution in [2.45, 2.75) is 30.0 Å². The van der Waals surface area contributed by atoms with Crippen LogP contribution in [0.25, 0.3) is 5.57 Å². The maximum atomic E-state index is 14.7. The molecule has 2 heterocycles. The second-order valence-corrected chi connectivity index (χ2v) is 7.15. The molecule has 2 aliphatic rings. The predicted octanol–water partition coefficient (Wildman–Crippen LogP) is 3.83. The number of imide groups is 1. The Labute approximate surface area is 159 Å². The topological polar surface area (TPSA) is 74.1 Å². The summed E-state index contributed by atoms with van der Waals surface area (Å²) in [7, 11) is 0. The average molecular weight is 379 g/mol. The van der Waals surface area contributed by atoms with Crippen molar-refractivity contribution in [1.29, 1.82) is 5.26 Å². The van der Waals surface area contributed by atoms with Crippen LogP contribution in [0.3, 0.4) is 0 Å². The number of alkyl halides is 1. The van der Waals surface area contributed by atoms with Crippen LogP contribution < -0.4 is 0 Å². The zero-order chi connectivity index (χ0) is 19.0. The number of pyridine rings is 1. The van der Waals surface area contributed by atoms with Crippen molar-refractivity contribution in [2.75, 3.05) is 0 Å². The third kappa shape index (κ3) is 2.92. The molecule has 0 saturated heterocycles. The van der Waals surface area contributed by atoms with E-state index < -0.39 is 24.0 Å². The van der Waals surface area contributed by atoms with Gasteiger partial charge in [0, 0.05) is 17.3 Å². The standard InChI is InChI=1S/C20H14FN3O2S/c21-16-6-5-12(13-7-8-23-10-18(13)27-11-22)9-17(16)24-19(25)14-3-1-2-4-15(14)20(24)26/h1-4,7-10,16-17H,5-6H2/t16-,17-/m1/s1. The van der Waals surface area contributed by atoms with E-state index >= 15 is 0 Å². The molecule has 134 valence electrons. The number of halogens is 1. The van der Waals surface area contributed by atoms with E-state index in [0.717, 1.165) is 27.8 Å². The van der Waals surface area contributed by atoms with Gasteiger partial charge in [-0.2, -0.15) is 5.26 Å². The van der Waals surface area contributed by atoms with Gasteiger partial charge in [-0.05, 0) is 53.9 Å². The third-order valence-corrected chi connectivity index (χ3v) is 5.48. The molecule has 2 atom stereocenters. The number of hydrogen-bond donors (Lipinski definition) is 0. The first-order valence-corrected chi connectivity index (χ1v) is 9.25. The number of nitrogens with zero attached hydrogens (tertiary/aromatic N) is 3. The van der Waals surface area contributed by atoms with Gasteiger partial charge in [0.1, 0.15) is 11.6 Å². The van der Waals surface area contributed by atoms with Gasteiger partial charge in [-0.1, -0.05) is 18.2 Å². The summed E-state index contributed by atoms with van der Waals surface area (Å²) >= 11 is 0.982. The zero-order valence-corrected chi connectivity index (χ0v) is 14.9. The maximum Gasteiger partial charge on any atom is 0.262 e. The summed E-state index contributed by atoms with van der Waals surface area (Å²) < 4.78 is 14.7. The number of amides is 2. The minimum absolute atomic E-state index is 0.197. The summed E-state index contributed by atoms with van der Waals surface area (Å²) in [6, 6.07) is 7.34. The molecule has 1 aliphatic carbocycles. The van der Waals surface area contributed by atoms with Crippen molar-refractivity contribution in [3.05, 3.63) is 65.5 Å². The lowest BCUT2D eigenvalue weighted by Gasteiger charge is -2.31. The molecule has 0 unspecified atom stereocenters. The van der Waals surface area contributed by atoms with Crippen LogP contribution in [0.1, 0.15) is 39.1 Å². The number of aromatic nitrogens is 1. The molecule has 1 aromatic heterocycles. The lowest BCUT2D eigenvalue weighted by atomic mass is 9.89. The van der Waals surface area contributed by atoms with Crippen molar-refractivity contribution in [3.8, 4) is 5.40 Å². The lowest BCUT2D eigenvalue weighted by molar-refractivity contribution is 0.0532. The van der Waals surface area contributed by atoms with Crippen LogP contribution in [0.5, 0.6) is 0 Å². The molecule has 0 bridgehead atoms. The Bertz CT molecular complexity index is 979. The van der Waals surface area contributed by atoms with Gasteiger partial charge in [0.25, 0.3) is 11.8 Å². The summed E-state index contributed by atoms with van der Waals surface area (Å²) in [5.74, 6) is -0.941. The molecule has 2 amide bonds. The number of thioether (sulfide) groups is 1. The Morgan fingerprint density at radius 2 is 1.85 bits per heavy atom. The average Bonchev–Trinajstić information content (AvgIpc) is 2.94. The van der Waals surface area contributed by atoms with E-state index in [1.165, 1.54) is 0 Å². The number of allylic oxidation sites excluding steroid dienone is 1. The number of carbonyl (C=O) groups is 2. The second kappa shape index (κ2) is 6.97. The van der Waals surface area contributed by atoms with Crippen molar-refractivity contribution >= 4 is 29.1 Å². The molecule has 2 aromatic rings. The number of hydrogen-bond acceptors (Lipinski definition) is 5. The zero-order valence-electron chi connectivity index (χ0n) is 14.1. The van der Waals surface area contributed by atoms with E-state index in [2.05, 4.69) is 4.98 Å².